The molecule has 98 valence electrons. The minimum atomic E-state index is 0.235. The van der Waals surface area contributed by atoms with Gasteiger partial charge in [0.15, 0.2) is 17.2 Å². The summed E-state index contributed by atoms with van der Waals surface area (Å²) in [6.07, 6.45) is 3.15. The van der Waals surface area contributed by atoms with Gasteiger partial charge in [0.05, 0.1) is 12.5 Å². The molecule has 7 heteroatoms. The summed E-state index contributed by atoms with van der Waals surface area (Å²) in [7, 11) is 0. The average molecular weight is 267 g/mol. The second-order valence-corrected chi connectivity index (χ2v) is 4.16. The molecule has 20 heavy (non-hydrogen) atoms. The van der Waals surface area contributed by atoms with Crippen molar-refractivity contribution in [3.05, 3.63) is 42.9 Å². The summed E-state index contributed by atoms with van der Waals surface area (Å²) in [5, 5.41) is 4.27. The summed E-state index contributed by atoms with van der Waals surface area (Å²) >= 11 is 0. The Morgan fingerprint density at radius 2 is 1.75 bits per heavy atom. The van der Waals surface area contributed by atoms with Gasteiger partial charge in [0.2, 0.25) is 11.8 Å². The van der Waals surface area contributed by atoms with Crippen molar-refractivity contribution in [2.24, 2.45) is 0 Å². The van der Waals surface area contributed by atoms with Gasteiger partial charge in [-0.1, -0.05) is 0 Å². The molecule has 0 saturated carbocycles. The van der Waals surface area contributed by atoms with Crippen LogP contribution in [-0.2, 0) is 0 Å². The number of hydrogen-bond donors (Lipinski definition) is 1. The molecule has 0 aliphatic heterocycles. The smallest absolute Gasteiger partial charge is 0.223 e. The first kappa shape index (κ1) is 10.8. The summed E-state index contributed by atoms with van der Waals surface area (Å²) < 4.78 is 12.0. The third-order valence-corrected chi connectivity index (χ3v) is 2.87. The summed E-state index contributed by atoms with van der Waals surface area (Å²) in [4.78, 5) is 8.64. The molecule has 0 spiro atoms. The Morgan fingerprint density at radius 1 is 1.00 bits per heavy atom. The molecule has 2 N–H and O–H groups in total. The van der Waals surface area contributed by atoms with Crippen molar-refractivity contribution in [3.8, 4) is 23.0 Å². The van der Waals surface area contributed by atoms with Gasteiger partial charge in [0, 0.05) is 6.07 Å². The lowest BCUT2D eigenvalue weighted by Crippen LogP contribution is -2.02. The van der Waals surface area contributed by atoms with Crippen molar-refractivity contribution >= 4 is 11.6 Å². The highest BCUT2D eigenvalue weighted by Gasteiger charge is 2.13. The first-order valence-corrected chi connectivity index (χ1v) is 5.92. The quantitative estimate of drug-likeness (QED) is 0.598. The third kappa shape index (κ3) is 1.57. The van der Waals surface area contributed by atoms with Crippen LogP contribution in [0.5, 0.6) is 0 Å². The second-order valence-electron chi connectivity index (χ2n) is 4.16. The SMILES string of the molecule is Nc1nc(-c2ccco2)cc2nc(-c3ccco3)nn12. The van der Waals surface area contributed by atoms with Gasteiger partial charge in [-0.05, 0) is 24.3 Å². The fourth-order valence-corrected chi connectivity index (χ4v) is 1.97. The van der Waals surface area contributed by atoms with E-state index in [1.165, 1.54) is 4.52 Å². The van der Waals surface area contributed by atoms with Crippen LogP contribution in [0.2, 0.25) is 0 Å². The minimum Gasteiger partial charge on any atom is -0.463 e. The molecule has 0 atom stereocenters. The van der Waals surface area contributed by atoms with Crippen LogP contribution in [0.25, 0.3) is 28.7 Å². The molecule has 0 amide bonds. The third-order valence-electron chi connectivity index (χ3n) is 2.87. The molecule has 0 unspecified atom stereocenters. The first-order chi connectivity index (χ1) is 9.81. The van der Waals surface area contributed by atoms with Gasteiger partial charge < -0.3 is 14.6 Å². The summed E-state index contributed by atoms with van der Waals surface area (Å²) in [6, 6.07) is 8.91. The van der Waals surface area contributed by atoms with E-state index in [-0.39, 0.29) is 5.95 Å². The zero-order chi connectivity index (χ0) is 13.5. The van der Waals surface area contributed by atoms with E-state index in [2.05, 4.69) is 15.1 Å². The molecule has 0 aromatic carbocycles. The molecule has 0 bridgehead atoms. The van der Waals surface area contributed by atoms with E-state index in [1.54, 1.807) is 36.8 Å². The molecule has 0 radical (unpaired) electrons. The van der Waals surface area contributed by atoms with Crippen molar-refractivity contribution in [2.75, 3.05) is 5.73 Å². The van der Waals surface area contributed by atoms with E-state index >= 15 is 0 Å². The van der Waals surface area contributed by atoms with Gasteiger partial charge in [0.25, 0.3) is 0 Å². The number of anilines is 1. The van der Waals surface area contributed by atoms with Crippen LogP contribution in [-0.4, -0.2) is 19.6 Å². The number of nitrogens with two attached hydrogens (primary N) is 1. The summed E-state index contributed by atoms with van der Waals surface area (Å²) in [5.41, 5.74) is 7.10. The topological polar surface area (TPSA) is 95.4 Å². The number of rotatable bonds is 2. The Balaban J connectivity index is 1.92. The molecule has 0 fully saturated rings. The van der Waals surface area contributed by atoms with Crippen LogP contribution < -0.4 is 5.73 Å². The molecule has 4 rings (SSSR count). The molecular formula is C13H9N5O2. The number of nitrogens with zero attached hydrogens (tertiary/aromatic N) is 4. The van der Waals surface area contributed by atoms with E-state index in [0.29, 0.717) is 28.7 Å². The van der Waals surface area contributed by atoms with Gasteiger partial charge in [-0.3, -0.25) is 0 Å². The van der Waals surface area contributed by atoms with Gasteiger partial charge in [-0.15, -0.1) is 5.10 Å². The van der Waals surface area contributed by atoms with Gasteiger partial charge in [-0.25, -0.2) is 9.97 Å². The molecule has 0 aliphatic rings. The summed E-state index contributed by atoms with van der Waals surface area (Å²) in [6.45, 7) is 0. The average Bonchev–Trinajstić information content (AvgIpc) is 3.19. The Bertz CT molecular complexity index is 862. The van der Waals surface area contributed by atoms with Crippen molar-refractivity contribution in [1.29, 1.82) is 0 Å². The van der Waals surface area contributed by atoms with Crippen LogP contribution in [0.4, 0.5) is 5.95 Å². The van der Waals surface area contributed by atoms with Crippen LogP contribution in [0.1, 0.15) is 0 Å². The highest BCUT2D eigenvalue weighted by Crippen LogP contribution is 2.22. The zero-order valence-electron chi connectivity index (χ0n) is 10.2. The van der Waals surface area contributed by atoms with E-state index in [0.717, 1.165) is 0 Å². The number of aromatic nitrogens is 4. The maximum absolute atomic E-state index is 5.91. The zero-order valence-corrected chi connectivity index (χ0v) is 10.2. The van der Waals surface area contributed by atoms with Crippen LogP contribution in [0.3, 0.4) is 0 Å². The van der Waals surface area contributed by atoms with E-state index < -0.39 is 0 Å². The largest absolute Gasteiger partial charge is 0.463 e. The maximum Gasteiger partial charge on any atom is 0.223 e. The second kappa shape index (κ2) is 3.95. The van der Waals surface area contributed by atoms with Crippen molar-refractivity contribution < 1.29 is 8.83 Å². The number of hydrogen-bond acceptors (Lipinski definition) is 6. The van der Waals surface area contributed by atoms with E-state index in [9.17, 15) is 0 Å². The molecule has 4 aromatic heterocycles. The lowest BCUT2D eigenvalue weighted by Gasteiger charge is -1.99. The van der Waals surface area contributed by atoms with Gasteiger partial charge in [-0.2, -0.15) is 4.52 Å². The highest BCUT2D eigenvalue weighted by atomic mass is 16.3. The van der Waals surface area contributed by atoms with Crippen LogP contribution in [0.15, 0.2) is 51.7 Å². The predicted octanol–water partition coefficient (Wildman–Crippen LogP) is 2.23. The number of fused-ring (bicyclic) bond motifs is 1. The van der Waals surface area contributed by atoms with Crippen LogP contribution >= 0.6 is 0 Å². The number of nitrogen functional groups attached to an aromatic ring is 1. The van der Waals surface area contributed by atoms with Crippen molar-refractivity contribution in [2.45, 2.75) is 0 Å². The van der Waals surface area contributed by atoms with Crippen molar-refractivity contribution in [1.82, 2.24) is 19.6 Å². The van der Waals surface area contributed by atoms with Gasteiger partial charge >= 0.3 is 0 Å². The molecule has 4 aromatic rings. The molecule has 0 aliphatic carbocycles. The minimum absolute atomic E-state index is 0.235. The monoisotopic (exact) mass is 267 g/mol. The molecule has 0 saturated heterocycles. The predicted molar refractivity (Wildman–Crippen MR) is 70.6 cm³/mol. The van der Waals surface area contributed by atoms with E-state index in [4.69, 9.17) is 14.6 Å². The highest BCUT2D eigenvalue weighted by molar-refractivity contribution is 5.63. The Hall–Kier alpha value is -3.09. The van der Waals surface area contributed by atoms with Crippen molar-refractivity contribution in [3.63, 3.8) is 0 Å². The fourth-order valence-electron chi connectivity index (χ4n) is 1.97. The summed E-state index contributed by atoms with van der Waals surface area (Å²) in [5.74, 6) is 1.90. The molecule has 7 nitrogen and oxygen atoms in total. The lowest BCUT2D eigenvalue weighted by molar-refractivity contribution is 0.577. The number of furan rings is 2. The fraction of sp³-hybridized carbons (Fsp3) is 0. The molecule has 4 heterocycles. The Morgan fingerprint density at radius 3 is 2.45 bits per heavy atom. The normalized spacial score (nSPS) is 11.2. The lowest BCUT2D eigenvalue weighted by atomic mass is 10.3. The van der Waals surface area contributed by atoms with Gasteiger partial charge in [0.1, 0.15) is 5.69 Å². The first-order valence-electron chi connectivity index (χ1n) is 5.92. The maximum atomic E-state index is 5.91. The Kier molecular flexibility index (Phi) is 2.13. The Labute approximate surface area is 112 Å². The standard InChI is InChI=1S/C13H9N5O2/c14-13-15-8(9-3-1-5-19-9)7-11-16-12(17-18(11)13)10-4-2-6-20-10/h1-7H,(H2,14,15). The van der Waals surface area contributed by atoms with Crippen LogP contribution in [0, 0.1) is 0 Å². The molecular weight excluding hydrogens is 258 g/mol. The van der Waals surface area contributed by atoms with E-state index in [1.807, 2.05) is 6.07 Å².